The van der Waals surface area contributed by atoms with Crippen LogP contribution in [-0.4, -0.2) is 24.3 Å². The first-order valence-electron chi connectivity index (χ1n) is 6.50. The topological polar surface area (TPSA) is 52.9 Å². The van der Waals surface area contributed by atoms with Crippen LogP contribution < -0.4 is 4.90 Å². The van der Waals surface area contributed by atoms with E-state index in [0.29, 0.717) is 6.61 Å². The number of aromatic hydroxyl groups is 2. The van der Waals surface area contributed by atoms with E-state index in [2.05, 4.69) is 0 Å². The standard InChI is InChI=1S/C16H17NO3/c1-17(2)12-5-3-10(4-6-12)16-15-11(9-20-16)7-13(18)8-14(15)19/h3-8,16,18-19H,9H2,1-2H3. The number of hydrogen-bond donors (Lipinski definition) is 2. The molecule has 2 aromatic rings. The van der Waals surface area contributed by atoms with Gasteiger partial charge in [-0.05, 0) is 29.3 Å². The lowest BCUT2D eigenvalue weighted by molar-refractivity contribution is 0.0929. The molecule has 0 fully saturated rings. The average molecular weight is 271 g/mol. The van der Waals surface area contributed by atoms with Crippen molar-refractivity contribution in [3.05, 3.63) is 53.1 Å². The van der Waals surface area contributed by atoms with E-state index >= 15 is 0 Å². The largest absolute Gasteiger partial charge is 0.508 e. The Hall–Kier alpha value is -2.20. The Kier molecular flexibility index (Phi) is 3.03. The van der Waals surface area contributed by atoms with Crippen LogP contribution >= 0.6 is 0 Å². The Morgan fingerprint density at radius 2 is 1.80 bits per heavy atom. The normalized spacial score (nSPS) is 17.0. The third-order valence-electron chi connectivity index (χ3n) is 3.61. The van der Waals surface area contributed by atoms with Crippen molar-refractivity contribution in [3.63, 3.8) is 0 Å². The van der Waals surface area contributed by atoms with Gasteiger partial charge in [0.2, 0.25) is 0 Å². The van der Waals surface area contributed by atoms with Crippen LogP contribution in [0.5, 0.6) is 11.5 Å². The first-order valence-corrected chi connectivity index (χ1v) is 6.50. The highest BCUT2D eigenvalue weighted by Gasteiger charge is 2.28. The van der Waals surface area contributed by atoms with Gasteiger partial charge >= 0.3 is 0 Å². The summed E-state index contributed by atoms with van der Waals surface area (Å²) in [4.78, 5) is 2.03. The van der Waals surface area contributed by atoms with Gasteiger partial charge in [0.05, 0.1) is 6.61 Å². The van der Waals surface area contributed by atoms with Crippen molar-refractivity contribution in [2.45, 2.75) is 12.7 Å². The number of phenolic OH excluding ortho intramolecular Hbond substituents is 2. The summed E-state index contributed by atoms with van der Waals surface area (Å²) in [7, 11) is 3.98. The zero-order valence-electron chi connectivity index (χ0n) is 11.5. The highest BCUT2D eigenvalue weighted by atomic mass is 16.5. The van der Waals surface area contributed by atoms with E-state index in [-0.39, 0.29) is 17.6 Å². The molecule has 0 radical (unpaired) electrons. The summed E-state index contributed by atoms with van der Waals surface area (Å²) in [5, 5.41) is 19.5. The lowest BCUT2D eigenvalue weighted by atomic mass is 9.98. The van der Waals surface area contributed by atoms with Gasteiger partial charge in [-0.3, -0.25) is 0 Å². The number of rotatable bonds is 2. The lowest BCUT2D eigenvalue weighted by Crippen LogP contribution is -2.08. The van der Waals surface area contributed by atoms with Gasteiger partial charge in [0.1, 0.15) is 17.6 Å². The summed E-state index contributed by atoms with van der Waals surface area (Å²) in [6.45, 7) is 0.400. The summed E-state index contributed by atoms with van der Waals surface area (Å²) in [5.41, 5.74) is 3.70. The van der Waals surface area contributed by atoms with Gasteiger partial charge in [-0.25, -0.2) is 0 Å². The van der Waals surface area contributed by atoms with E-state index in [1.54, 1.807) is 6.07 Å². The molecule has 1 aliphatic rings. The van der Waals surface area contributed by atoms with Gasteiger partial charge in [0, 0.05) is 31.4 Å². The summed E-state index contributed by atoms with van der Waals surface area (Å²) in [5.74, 6) is 0.146. The quantitative estimate of drug-likeness (QED) is 0.882. The molecule has 20 heavy (non-hydrogen) atoms. The van der Waals surface area contributed by atoms with Crippen molar-refractivity contribution >= 4 is 5.69 Å². The first-order chi connectivity index (χ1) is 9.56. The number of nitrogens with zero attached hydrogens (tertiary/aromatic N) is 1. The molecule has 104 valence electrons. The Balaban J connectivity index is 1.98. The van der Waals surface area contributed by atoms with E-state index < -0.39 is 0 Å². The van der Waals surface area contributed by atoms with Crippen LogP contribution in [0.25, 0.3) is 0 Å². The summed E-state index contributed by atoms with van der Waals surface area (Å²) in [6, 6.07) is 11.0. The average Bonchev–Trinajstić information content (AvgIpc) is 2.82. The van der Waals surface area contributed by atoms with Crippen molar-refractivity contribution in [1.29, 1.82) is 0 Å². The monoisotopic (exact) mass is 271 g/mol. The van der Waals surface area contributed by atoms with E-state index in [1.807, 2.05) is 43.3 Å². The van der Waals surface area contributed by atoms with Crippen LogP contribution in [0.4, 0.5) is 5.69 Å². The van der Waals surface area contributed by atoms with Gasteiger partial charge in [0.25, 0.3) is 0 Å². The van der Waals surface area contributed by atoms with Gasteiger partial charge in [0.15, 0.2) is 0 Å². The Labute approximate surface area is 117 Å². The van der Waals surface area contributed by atoms with Gasteiger partial charge in [-0.2, -0.15) is 0 Å². The minimum absolute atomic E-state index is 0.0634. The first kappa shape index (κ1) is 12.8. The second-order valence-electron chi connectivity index (χ2n) is 5.21. The molecule has 1 aliphatic heterocycles. The van der Waals surface area contributed by atoms with Crippen LogP contribution in [0, 0.1) is 0 Å². The van der Waals surface area contributed by atoms with Gasteiger partial charge < -0.3 is 19.8 Å². The van der Waals surface area contributed by atoms with E-state index in [0.717, 1.165) is 22.4 Å². The predicted octanol–water partition coefficient (Wildman–Crippen LogP) is 2.78. The summed E-state index contributed by atoms with van der Waals surface area (Å²) < 4.78 is 5.76. The number of ether oxygens (including phenoxy) is 1. The van der Waals surface area contributed by atoms with Crippen LogP contribution in [0.2, 0.25) is 0 Å². The smallest absolute Gasteiger partial charge is 0.125 e. The molecule has 0 aromatic heterocycles. The number of benzene rings is 2. The van der Waals surface area contributed by atoms with E-state index in [4.69, 9.17) is 4.74 Å². The molecule has 1 unspecified atom stereocenters. The maximum Gasteiger partial charge on any atom is 0.125 e. The second-order valence-corrected chi connectivity index (χ2v) is 5.21. The van der Waals surface area contributed by atoms with E-state index in [9.17, 15) is 10.2 Å². The molecule has 4 nitrogen and oxygen atoms in total. The molecule has 0 saturated carbocycles. The SMILES string of the molecule is CN(C)c1ccc(C2OCc3cc(O)cc(O)c32)cc1. The fourth-order valence-corrected chi connectivity index (χ4v) is 2.57. The van der Waals surface area contributed by atoms with Gasteiger partial charge in [-0.15, -0.1) is 0 Å². The predicted molar refractivity (Wildman–Crippen MR) is 77.2 cm³/mol. The Morgan fingerprint density at radius 1 is 1.10 bits per heavy atom. The molecule has 0 spiro atoms. The molecule has 1 heterocycles. The Morgan fingerprint density at radius 3 is 2.45 bits per heavy atom. The van der Waals surface area contributed by atoms with Crippen LogP contribution in [0.15, 0.2) is 36.4 Å². The maximum atomic E-state index is 10.0. The van der Waals surface area contributed by atoms with Crippen molar-refractivity contribution in [2.24, 2.45) is 0 Å². The molecule has 0 saturated heterocycles. The molecule has 0 aliphatic carbocycles. The second kappa shape index (κ2) is 4.72. The van der Waals surface area contributed by atoms with Crippen molar-refractivity contribution in [3.8, 4) is 11.5 Å². The number of phenols is 2. The molecular weight excluding hydrogens is 254 g/mol. The zero-order chi connectivity index (χ0) is 14.3. The molecule has 1 atom stereocenters. The van der Waals surface area contributed by atoms with Crippen LogP contribution in [0.1, 0.15) is 22.8 Å². The van der Waals surface area contributed by atoms with Gasteiger partial charge in [-0.1, -0.05) is 12.1 Å². The number of fused-ring (bicyclic) bond motifs is 1. The molecular formula is C16H17NO3. The third kappa shape index (κ3) is 2.08. The molecule has 0 bridgehead atoms. The summed E-state index contributed by atoms with van der Waals surface area (Å²) >= 11 is 0. The molecule has 3 rings (SSSR count). The summed E-state index contributed by atoms with van der Waals surface area (Å²) in [6.07, 6.45) is -0.276. The third-order valence-corrected chi connectivity index (χ3v) is 3.61. The minimum atomic E-state index is -0.276. The maximum absolute atomic E-state index is 10.0. The highest BCUT2D eigenvalue weighted by molar-refractivity contribution is 5.53. The fraction of sp³-hybridized carbons (Fsp3) is 0.250. The van der Waals surface area contributed by atoms with E-state index in [1.165, 1.54) is 6.07 Å². The number of anilines is 1. The van der Waals surface area contributed by atoms with Crippen molar-refractivity contribution < 1.29 is 14.9 Å². The molecule has 2 aromatic carbocycles. The molecule has 2 N–H and O–H groups in total. The number of hydrogen-bond acceptors (Lipinski definition) is 4. The zero-order valence-corrected chi connectivity index (χ0v) is 11.5. The highest BCUT2D eigenvalue weighted by Crippen LogP contribution is 2.43. The van der Waals surface area contributed by atoms with Crippen molar-refractivity contribution in [2.75, 3.05) is 19.0 Å². The molecule has 0 amide bonds. The Bertz CT molecular complexity index is 635. The van der Waals surface area contributed by atoms with Crippen LogP contribution in [0.3, 0.4) is 0 Å². The van der Waals surface area contributed by atoms with Crippen molar-refractivity contribution in [1.82, 2.24) is 0 Å². The fourth-order valence-electron chi connectivity index (χ4n) is 2.57. The minimum Gasteiger partial charge on any atom is -0.508 e. The van der Waals surface area contributed by atoms with Crippen LogP contribution in [-0.2, 0) is 11.3 Å². The molecule has 4 heteroatoms. The lowest BCUT2D eigenvalue weighted by Gasteiger charge is -2.16.